The van der Waals surface area contributed by atoms with Crippen molar-refractivity contribution in [3.63, 3.8) is 0 Å². The molecule has 3 rings (SSSR count). The van der Waals surface area contributed by atoms with E-state index in [0.29, 0.717) is 11.3 Å². The number of carbonyl (C=O) groups is 3. The Morgan fingerprint density at radius 1 is 1.09 bits per heavy atom. The van der Waals surface area contributed by atoms with Gasteiger partial charge in [0.1, 0.15) is 5.75 Å². The Bertz CT molecular complexity index is 942. The molecule has 2 aromatic carbocycles. The van der Waals surface area contributed by atoms with Crippen LogP contribution in [0.4, 0.5) is 5.69 Å². The van der Waals surface area contributed by atoms with Gasteiger partial charge in [-0.1, -0.05) is 12.1 Å². The number of amides is 2. The summed E-state index contributed by atoms with van der Waals surface area (Å²) in [6, 6.07) is 14.2. The Kier molecular flexibility index (Phi) is 8.04. The van der Waals surface area contributed by atoms with Gasteiger partial charge in [0.25, 0.3) is 18.0 Å². The van der Waals surface area contributed by atoms with E-state index in [4.69, 9.17) is 9.47 Å². The number of hydrogen-bond acceptors (Lipinski definition) is 7. The summed E-state index contributed by atoms with van der Waals surface area (Å²) in [5.74, 6) is -1.45. The van der Waals surface area contributed by atoms with Crippen LogP contribution in [0, 0.1) is 6.92 Å². The zero-order valence-electron chi connectivity index (χ0n) is 18.2. The maximum Gasteiger partial charge on any atom is 0.369 e. The van der Waals surface area contributed by atoms with Crippen molar-refractivity contribution in [3.05, 3.63) is 59.7 Å². The van der Waals surface area contributed by atoms with Crippen LogP contribution >= 0.6 is 0 Å². The number of likely N-dealkylation sites (N-methyl/N-ethyl adjacent to an activating group) is 1. The summed E-state index contributed by atoms with van der Waals surface area (Å²) in [6.45, 7) is 5.03. The molecule has 1 aliphatic heterocycles. The van der Waals surface area contributed by atoms with Crippen LogP contribution in [0.5, 0.6) is 5.75 Å². The SMILES string of the molecule is CNC(=O)COC(=O)C(NC(=O)c1ccc(N2CCNCC2)cc1)Oc1cccc(C)c1. The summed E-state index contributed by atoms with van der Waals surface area (Å²) in [5, 5.41) is 8.22. The molecule has 2 aromatic rings. The number of benzene rings is 2. The van der Waals surface area contributed by atoms with E-state index in [0.717, 1.165) is 37.4 Å². The van der Waals surface area contributed by atoms with Gasteiger partial charge in [0.05, 0.1) is 0 Å². The first-order chi connectivity index (χ1) is 15.5. The van der Waals surface area contributed by atoms with Crippen LogP contribution in [0.25, 0.3) is 0 Å². The summed E-state index contributed by atoms with van der Waals surface area (Å²) in [7, 11) is 1.43. The number of esters is 1. The van der Waals surface area contributed by atoms with Gasteiger partial charge in [0.15, 0.2) is 6.61 Å². The molecular weight excluding hydrogens is 412 g/mol. The van der Waals surface area contributed by atoms with Gasteiger partial charge in [-0.3, -0.25) is 9.59 Å². The minimum absolute atomic E-state index is 0.376. The third-order valence-electron chi connectivity index (χ3n) is 4.96. The number of nitrogens with one attached hydrogen (secondary N) is 3. The van der Waals surface area contributed by atoms with Crippen molar-refractivity contribution in [3.8, 4) is 5.75 Å². The van der Waals surface area contributed by atoms with E-state index >= 15 is 0 Å². The van der Waals surface area contributed by atoms with E-state index in [-0.39, 0.29) is 0 Å². The summed E-state index contributed by atoms with van der Waals surface area (Å²) < 4.78 is 10.7. The summed E-state index contributed by atoms with van der Waals surface area (Å²) in [4.78, 5) is 39.0. The zero-order valence-corrected chi connectivity index (χ0v) is 18.2. The maximum absolute atomic E-state index is 12.8. The van der Waals surface area contributed by atoms with Gasteiger partial charge in [-0.2, -0.15) is 0 Å². The molecule has 1 heterocycles. The van der Waals surface area contributed by atoms with Gasteiger partial charge in [0, 0.05) is 44.5 Å². The molecule has 32 heavy (non-hydrogen) atoms. The molecule has 1 unspecified atom stereocenters. The van der Waals surface area contributed by atoms with E-state index < -0.39 is 30.6 Å². The molecule has 3 N–H and O–H groups in total. The maximum atomic E-state index is 12.8. The van der Waals surface area contributed by atoms with Crippen molar-refractivity contribution in [1.82, 2.24) is 16.0 Å². The molecular formula is C23H28N4O5. The quantitative estimate of drug-likeness (QED) is 0.412. The highest BCUT2D eigenvalue weighted by molar-refractivity contribution is 5.97. The second-order valence-corrected chi connectivity index (χ2v) is 7.35. The van der Waals surface area contributed by atoms with Gasteiger partial charge < -0.3 is 30.3 Å². The molecule has 0 bridgehead atoms. The normalized spacial score (nSPS) is 14.2. The van der Waals surface area contributed by atoms with Crippen molar-refractivity contribution in [2.45, 2.75) is 13.2 Å². The van der Waals surface area contributed by atoms with Gasteiger partial charge in [-0.05, 0) is 48.9 Å². The molecule has 0 radical (unpaired) electrons. The topological polar surface area (TPSA) is 109 Å². The van der Waals surface area contributed by atoms with Crippen molar-refractivity contribution in [2.24, 2.45) is 0 Å². The molecule has 2 amide bonds. The van der Waals surface area contributed by atoms with E-state index in [9.17, 15) is 14.4 Å². The summed E-state index contributed by atoms with van der Waals surface area (Å²) in [6.07, 6.45) is -1.41. The lowest BCUT2D eigenvalue weighted by atomic mass is 10.1. The van der Waals surface area contributed by atoms with Crippen molar-refractivity contribution in [1.29, 1.82) is 0 Å². The Morgan fingerprint density at radius 2 is 1.81 bits per heavy atom. The number of rotatable bonds is 8. The molecule has 1 aliphatic rings. The van der Waals surface area contributed by atoms with Crippen LogP contribution in [0.3, 0.4) is 0 Å². The second-order valence-electron chi connectivity index (χ2n) is 7.35. The highest BCUT2D eigenvalue weighted by atomic mass is 16.6. The molecule has 1 fully saturated rings. The zero-order chi connectivity index (χ0) is 22.9. The molecule has 1 atom stereocenters. The van der Waals surface area contributed by atoms with Crippen LogP contribution < -0.4 is 25.6 Å². The largest absolute Gasteiger partial charge is 0.459 e. The first-order valence-corrected chi connectivity index (χ1v) is 10.4. The number of aryl methyl sites for hydroxylation is 1. The lowest BCUT2D eigenvalue weighted by Crippen LogP contribution is -2.46. The lowest BCUT2D eigenvalue weighted by molar-refractivity contribution is -0.156. The van der Waals surface area contributed by atoms with Gasteiger partial charge in [-0.15, -0.1) is 0 Å². The van der Waals surface area contributed by atoms with E-state index in [2.05, 4.69) is 20.9 Å². The standard InChI is InChI=1S/C23H28N4O5/c1-16-4-3-5-19(14-16)32-22(23(30)31-15-20(28)24-2)26-21(29)17-6-8-18(9-7-17)27-12-10-25-11-13-27/h3-9,14,22,25H,10-13,15H2,1-2H3,(H,24,28)(H,26,29). The van der Waals surface area contributed by atoms with Gasteiger partial charge >= 0.3 is 5.97 Å². The summed E-state index contributed by atoms with van der Waals surface area (Å²) in [5.41, 5.74) is 2.33. The number of nitrogens with zero attached hydrogens (tertiary/aromatic N) is 1. The third-order valence-corrected chi connectivity index (χ3v) is 4.96. The Labute approximate surface area is 187 Å². The molecule has 9 heteroatoms. The average molecular weight is 441 g/mol. The fraction of sp³-hybridized carbons (Fsp3) is 0.348. The van der Waals surface area contributed by atoms with Crippen LogP contribution in [0.15, 0.2) is 48.5 Å². The smallest absolute Gasteiger partial charge is 0.369 e. The third kappa shape index (κ3) is 6.45. The molecule has 0 aromatic heterocycles. The minimum atomic E-state index is -1.41. The van der Waals surface area contributed by atoms with E-state index in [1.165, 1.54) is 7.05 Å². The van der Waals surface area contributed by atoms with E-state index in [1.807, 2.05) is 25.1 Å². The number of piperazine rings is 1. The first kappa shape index (κ1) is 23.1. The fourth-order valence-corrected chi connectivity index (χ4v) is 3.19. The van der Waals surface area contributed by atoms with Crippen LogP contribution in [-0.2, 0) is 14.3 Å². The monoisotopic (exact) mass is 440 g/mol. The predicted octanol–water partition coefficient (Wildman–Crippen LogP) is 0.829. The van der Waals surface area contributed by atoms with Crippen molar-refractivity contribution in [2.75, 3.05) is 44.7 Å². The highest BCUT2D eigenvalue weighted by Gasteiger charge is 2.26. The average Bonchev–Trinajstić information content (AvgIpc) is 2.82. The van der Waals surface area contributed by atoms with Gasteiger partial charge in [0.2, 0.25) is 0 Å². The number of hydrogen-bond donors (Lipinski definition) is 3. The molecule has 0 aliphatic carbocycles. The fourth-order valence-electron chi connectivity index (χ4n) is 3.19. The minimum Gasteiger partial charge on any atom is -0.459 e. The Morgan fingerprint density at radius 3 is 2.47 bits per heavy atom. The number of anilines is 1. The number of carbonyl (C=O) groups excluding carboxylic acids is 3. The Balaban J connectivity index is 1.69. The van der Waals surface area contributed by atoms with Gasteiger partial charge in [-0.25, -0.2) is 4.79 Å². The molecule has 9 nitrogen and oxygen atoms in total. The predicted molar refractivity (Wildman–Crippen MR) is 120 cm³/mol. The lowest BCUT2D eigenvalue weighted by Gasteiger charge is -2.29. The first-order valence-electron chi connectivity index (χ1n) is 10.4. The van der Waals surface area contributed by atoms with Crippen LogP contribution in [0.2, 0.25) is 0 Å². The van der Waals surface area contributed by atoms with Crippen LogP contribution in [-0.4, -0.2) is 63.8 Å². The molecule has 0 spiro atoms. The summed E-state index contributed by atoms with van der Waals surface area (Å²) >= 11 is 0. The van der Waals surface area contributed by atoms with Crippen molar-refractivity contribution < 1.29 is 23.9 Å². The van der Waals surface area contributed by atoms with Crippen molar-refractivity contribution >= 4 is 23.5 Å². The second kappa shape index (κ2) is 11.1. The Hall–Kier alpha value is -3.59. The molecule has 0 saturated carbocycles. The highest BCUT2D eigenvalue weighted by Crippen LogP contribution is 2.17. The molecule has 170 valence electrons. The molecule has 1 saturated heterocycles. The van der Waals surface area contributed by atoms with Crippen LogP contribution in [0.1, 0.15) is 15.9 Å². The number of ether oxygens (including phenoxy) is 2. The van der Waals surface area contributed by atoms with E-state index in [1.54, 1.807) is 30.3 Å².